The van der Waals surface area contributed by atoms with Crippen LogP contribution >= 0.6 is 0 Å². The van der Waals surface area contributed by atoms with Crippen molar-refractivity contribution >= 4 is 0 Å². The Morgan fingerprint density at radius 1 is 1.31 bits per heavy atom. The van der Waals surface area contributed by atoms with E-state index in [-0.39, 0.29) is 6.61 Å². The van der Waals surface area contributed by atoms with Gasteiger partial charge in [0.15, 0.2) is 12.4 Å². The molecule has 0 aromatic carbocycles. The lowest BCUT2D eigenvalue weighted by Gasteiger charge is -2.00. The highest BCUT2D eigenvalue weighted by Gasteiger charge is 2.02. The normalized spacial score (nSPS) is 10.3. The second-order valence-corrected chi connectivity index (χ2v) is 4.06. The van der Waals surface area contributed by atoms with Crippen LogP contribution in [0.1, 0.15) is 31.2 Å². The highest BCUT2D eigenvalue weighted by molar-refractivity contribution is 5.05. The van der Waals surface area contributed by atoms with Gasteiger partial charge in [0, 0.05) is 24.7 Å². The van der Waals surface area contributed by atoms with Crippen molar-refractivity contribution in [3.8, 4) is 0 Å². The van der Waals surface area contributed by atoms with E-state index in [0.29, 0.717) is 0 Å². The van der Waals surface area contributed by atoms with E-state index in [1.165, 1.54) is 18.4 Å². The van der Waals surface area contributed by atoms with Crippen LogP contribution < -0.4 is 4.57 Å². The average Bonchev–Trinajstić information content (AvgIpc) is 2.33. The Balaban J connectivity index is 2.37. The Labute approximate surface area is 98.3 Å². The molecule has 1 aromatic rings. The summed E-state index contributed by atoms with van der Waals surface area (Å²) in [6.07, 6.45) is 11.6. The zero-order valence-corrected chi connectivity index (χ0v) is 9.94. The lowest BCUT2D eigenvalue weighted by atomic mass is 10.1. The first-order chi connectivity index (χ1) is 7.86. The third-order valence-corrected chi connectivity index (χ3v) is 2.62. The van der Waals surface area contributed by atoms with Crippen LogP contribution in [-0.4, -0.2) is 11.7 Å². The van der Waals surface area contributed by atoms with Crippen molar-refractivity contribution in [2.24, 2.45) is 0 Å². The van der Waals surface area contributed by atoms with Crippen LogP contribution in [0.2, 0.25) is 0 Å². The van der Waals surface area contributed by atoms with Crippen molar-refractivity contribution in [1.82, 2.24) is 0 Å². The standard InChI is InChI=1S/C14H22NO/c1-2-3-4-5-10-15-11-6-8-14(13-15)9-7-12-16/h2,6,8,11,13,16H,1,3-5,7,9-10,12H2/q+1. The molecule has 1 rings (SSSR count). The molecule has 0 aliphatic rings. The Kier molecular flexibility index (Phi) is 6.50. The van der Waals surface area contributed by atoms with E-state index < -0.39 is 0 Å². The number of pyridine rings is 1. The van der Waals surface area contributed by atoms with Crippen molar-refractivity contribution in [2.45, 2.75) is 38.6 Å². The molecule has 16 heavy (non-hydrogen) atoms. The fraction of sp³-hybridized carbons (Fsp3) is 0.500. The van der Waals surface area contributed by atoms with Crippen LogP contribution in [0.15, 0.2) is 37.2 Å². The number of aliphatic hydroxyl groups is 1. The topological polar surface area (TPSA) is 24.1 Å². The summed E-state index contributed by atoms with van der Waals surface area (Å²) in [5.41, 5.74) is 1.31. The molecule has 0 saturated carbocycles. The lowest BCUT2D eigenvalue weighted by molar-refractivity contribution is -0.697. The number of aromatic nitrogens is 1. The number of allylic oxidation sites excluding steroid dienone is 1. The maximum absolute atomic E-state index is 8.78. The van der Waals surface area contributed by atoms with Gasteiger partial charge in [-0.25, -0.2) is 4.57 Å². The van der Waals surface area contributed by atoms with E-state index in [1.54, 1.807) is 0 Å². The number of rotatable bonds is 8. The fourth-order valence-electron chi connectivity index (χ4n) is 1.73. The van der Waals surface area contributed by atoms with Gasteiger partial charge < -0.3 is 5.11 Å². The van der Waals surface area contributed by atoms with Gasteiger partial charge in [0.1, 0.15) is 6.54 Å². The van der Waals surface area contributed by atoms with Crippen molar-refractivity contribution in [3.63, 3.8) is 0 Å². The number of hydrogen-bond acceptors (Lipinski definition) is 1. The molecule has 0 fully saturated rings. The molecule has 0 spiro atoms. The second kappa shape index (κ2) is 8.05. The van der Waals surface area contributed by atoms with Crippen LogP contribution in [0.5, 0.6) is 0 Å². The molecule has 88 valence electrons. The summed E-state index contributed by atoms with van der Waals surface area (Å²) in [5, 5.41) is 8.78. The van der Waals surface area contributed by atoms with Gasteiger partial charge in [0.2, 0.25) is 0 Å². The zero-order chi connectivity index (χ0) is 11.6. The van der Waals surface area contributed by atoms with Crippen LogP contribution in [0.3, 0.4) is 0 Å². The van der Waals surface area contributed by atoms with E-state index in [0.717, 1.165) is 25.8 Å². The highest BCUT2D eigenvalue weighted by Crippen LogP contribution is 2.00. The number of nitrogens with zero attached hydrogens (tertiary/aromatic N) is 1. The Bertz CT molecular complexity index is 309. The summed E-state index contributed by atoms with van der Waals surface area (Å²) in [5.74, 6) is 0. The SMILES string of the molecule is C=CCCCC[n+]1cccc(CCCO)c1. The molecule has 1 aromatic heterocycles. The van der Waals surface area contributed by atoms with Crippen LogP contribution in [-0.2, 0) is 13.0 Å². The summed E-state index contributed by atoms with van der Waals surface area (Å²) in [4.78, 5) is 0. The average molecular weight is 220 g/mol. The van der Waals surface area contributed by atoms with Crippen LogP contribution in [0, 0.1) is 0 Å². The van der Waals surface area contributed by atoms with Gasteiger partial charge in [-0.15, -0.1) is 6.58 Å². The first-order valence-electron chi connectivity index (χ1n) is 6.06. The molecule has 2 heteroatoms. The van der Waals surface area contributed by atoms with Gasteiger partial charge in [-0.3, -0.25) is 0 Å². The number of unbranched alkanes of at least 4 members (excludes halogenated alkanes) is 2. The largest absolute Gasteiger partial charge is 0.396 e. The monoisotopic (exact) mass is 220 g/mol. The number of hydrogen-bond donors (Lipinski definition) is 1. The van der Waals surface area contributed by atoms with Crippen LogP contribution in [0.4, 0.5) is 0 Å². The first kappa shape index (κ1) is 12.9. The third kappa shape index (κ3) is 5.08. The molecule has 0 radical (unpaired) electrons. The van der Waals surface area contributed by atoms with Gasteiger partial charge in [0.25, 0.3) is 0 Å². The Morgan fingerprint density at radius 2 is 2.19 bits per heavy atom. The van der Waals surface area contributed by atoms with Gasteiger partial charge in [0.05, 0.1) is 0 Å². The summed E-state index contributed by atoms with van der Waals surface area (Å²) >= 11 is 0. The minimum absolute atomic E-state index is 0.272. The molecule has 2 nitrogen and oxygen atoms in total. The molecular formula is C14H22NO+. The predicted molar refractivity (Wildman–Crippen MR) is 66.1 cm³/mol. The number of aliphatic hydroxyl groups excluding tert-OH is 1. The predicted octanol–water partition coefficient (Wildman–Crippen LogP) is 2.26. The minimum Gasteiger partial charge on any atom is -0.396 e. The van der Waals surface area contributed by atoms with Crippen molar-refractivity contribution in [1.29, 1.82) is 0 Å². The molecule has 0 aliphatic heterocycles. The Morgan fingerprint density at radius 3 is 2.94 bits per heavy atom. The van der Waals surface area contributed by atoms with Gasteiger partial charge in [-0.2, -0.15) is 0 Å². The highest BCUT2D eigenvalue weighted by atomic mass is 16.2. The van der Waals surface area contributed by atoms with Gasteiger partial charge in [-0.05, 0) is 31.7 Å². The molecule has 0 bridgehead atoms. The third-order valence-electron chi connectivity index (χ3n) is 2.62. The Hall–Kier alpha value is -1.15. The van der Waals surface area contributed by atoms with Crippen LogP contribution in [0.25, 0.3) is 0 Å². The molecule has 1 N–H and O–H groups in total. The molecule has 0 aliphatic carbocycles. The maximum Gasteiger partial charge on any atom is 0.171 e. The van der Waals surface area contributed by atoms with Crippen molar-refractivity contribution < 1.29 is 9.67 Å². The molecule has 1 heterocycles. The fourth-order valence-corrected chi connectivity index (χ4v) is 1.73. The molecule has 0 amide bonds. The van der Waals surface area contributed by atoms with Crippen molar-refractivity contribution in [2.75, 3.05) is 6.61 Å². The summed E-state index contributed by atoms with van der Waals surface area (Å²) in [6, 6.07) is 4.20. The lowest BCUT2D eigenvalue weighted by Crippen LogP contribution is -2.33. The zero-order valence-electron chi connectivity index (χ0n) is 9.94. The second-order valence-electron chi connectivity index (χ2n) is 4.06. The molecular weight excluding hydrogens is 198 g/mol. The quantitative estimate of drug-likeness (QED) is 0.405. The summed E-state index contributed by atoms with van der Waals surface area (Å²) in [6.45, 7) is 5.06. The smallest absolute Gasteiger partial charge is 0.171 e. The van der Waals surface area contributed by atoms with Gasteiger partial charge >= 0.3 is 0 Å². The van der Waals surface area contributed by atoms with E-state index >= 15 is 0 Å². The maximum atomic E-state index is 8.78. The molecule has 0 atom stereocenters. The van der Waals surface area contributed by atoms with E-state index in [9.17, 15) is 0 Å². The summed E-state index contributed by atoms with van der Waals surface area (Å²) < 4.78 is 2.23. The van der Waals surface area contributed by atoms with E-state index in [4.69, 9.17) is 5.11 Å². The van der Waals surface area contributed by atoms with Crippen molar-refractivity contribution in [3.05, 3.63) is 42.7 Å². The summed E-state index contributed by atoms with van der Waals surface area (Å²) in [7, 11) is 0. The number of aryl methyl sites for hydroxylation is 2. The molecule has 0 saturated heterocycles. The van der Waals surface area contributed by atoms with Gasteiger partial charge in [-0.1, -0.05) is 6.08 Å². The molecule has 0 unspecified atom stereocenters. The van der Waals surface area contributed by atoms with E-state index in [1.807, 2.05) is 6.08 Å². The first-order valence-corrected chi connectivity index (χ1v) is 6.06. The minimum atomic E-state index is 0.272. The van der Waals surface area contributed by atoms with E-state index in [2.05, 4.69) is 35.7 Å².